The molecule has 0 heterocycles. The molecule has 1 N–H and O–H groups in total. The Bertz CT molecular complexity index is 156. The first-order valence-electron chi connectivity index (χ1n) is 2.23. The number of aliphatic carboxylic acids is 1. The molecule has 0 atom stereocenters. The lowest BCUT2D eigenvalue weighted by molar-refractivity contribution is -0.304. The largest absolute Gasteiger partial charge is 0.550 e. The highest BCUT2D eigenvalue weighted by Crippen LogP contribution is 1.73. The predicted molar refractivity (Wildman–Crippen MR) is 23.2 cm³/mol. The third-order valence-corrected chi connectivity index (χ3v) is 0.546. The minimum Gasteiger partial charge on any atom is -0.550 e. The monoisotopic (exact) mass is 145 g/mol. The summed E-state index contributed by atoms with van der Waals surface area (Å²) >= 11 is 0. The Balaban J connectivity index is 3.65. The number of nitrogens with one attached hydrogen (secondary N) is 1. The van der Waals surface area contributed by atoms with Crippen LogP contribution in [-0.4, -0.2) is 18.0 Å². The van der Waals surface area contributed by atoms with Crippen molar-refractivity contribution < 1.29 is 24.6 Å². The van der Waals surface area contributed by atoms with E-state index in [2.05, 4.69) is 0 Å². The lowest BCUT2D eigenvalue weighted by Gasteiger charge is -2.04. The molecule has 0 aliphatic rings. The van der Waals surface area contributed by atoms with Crippen molar-refractivity contribution in [3.8, 4) is 0 Å². The van der Waals surface area contributed by atoms with Crippen LogP contribution in [0.4, 0.5) is 4.79 Å². The first-order chi connectivity index (χ1) is 4.52. The molecule has 10 heavy (non-hydrogen) atoms. The fourth-order valence-electron chi connectivity index (χ4n) is 0.289. The summed E-state index contributed by atoms with van der Waals surface area (Å²) in [6, 6.07) is 0. The third kappa shape index (κ3) is 4.57. The van der Waals surface area contributed by atoms with Crippen LogP contribution in [-0.2, 0) is 9.59 Å². The Morgan fingerprint density at radius 2 is 1.70 bits per heavy atom. The van der Waals surface area contributed by atoms with E-state index in [1.54, 1.807) is 0 Å². The van der Waals surface area contributed by atoms with Crippen molar-refractivity contribution in [2.75, 3.05) is 0 Å². The van der Waals surface area contributed by atoms with Crippen molar-refractivity contribution in [3.63, 3.8) is 0 Å². The molecule has 0 unspecified atom stereocenters. The van der Waals surface area contributed by atoms with E-state index in [0.29, 0.717) is 0 Å². The summed E-state index contributed by atoms with van der Waals surface area (Å²) in [6.07, 6.45) is -2.81. The Hall–Kier alpha value is -1.59. The second kappa shape index (κ2) is 3.44. The lowest BCUT2D eigenvalue weighted by atomic mass is 10.4. The van der Waals surface area contributed by atoms with E-state index < -0.39 is 24.4 Å². The molecule has 0 aromatic heterocycles. The molecule has 0 rings (SSSR count). The van der Waals surface area contributed by atoms with Crippen LogP contribution in [0.5, 0.6) is 0 Å². The van der Waals surface area contributed by atoms with Crippen molar-refractivity contribution in [1.29, 1.82) is 0 Å². The number of hydrogen-bond donors (Lipinski definition) is 1. The standard InChI is InChI=1S/C4H5NO5/c6-2(1-3(7)8)5-4(9)10/h1H2,(H,5,6)(H,7,8)(H,9,10)/p-2. The summed E-state index contributed by atoms with van der Waals surface area (Å²) in [7, 11) is 0. The van der Waals surface area contributed by atoms with Crippen LogP contribution in [0, 0.1) is 0 Å². The second-order valence-electron chi connectivity index (χ2n) is 1.38. The number of rotatable bonds is 2. The topological polar surface area (TPSA) is 109 Å². The molecule has 0 aliphatic heterocycles. The summed E-state index contributed by atoms with van der Waals surface area (Å²) < 4.78 is 0. The highest BCUT2D eigenvalue weighted by molar-refractivity contribution is 5.98. The normalized spacial score (nSPS) is 8.40. The van der Waals surface area contributed by atoms with Crippen LogP contribution in [0.3, 0.4) is 0 Å². The molecule has 6 heteroatoms. The third-order valence-electron chi connectivity index (χ3n) is 0.546. The van der Waals surface area contributed by atoms with E-state index in [1.807, 2.05) is 0 Å². The molecule has 0 saturated carbocycles. The molecule has 0 spiro atoms. The lowest BCUT2D eigenvalue weighted by Crippen LogP contribution is -2.42. The molecule has 0 aromatic carbocycles. The van der Waals surface area contributed by atoms with Crippen LogP contribution >= 0.6 is 0 Å². The molecule has 0 saturated heterocycles. The van der Waals surface area contributed by atoms with Gasteiger partial charge in [0.05, 0.1) is 12.4 Å². The zero-order chi connectivity index (χ0) is 8.15. The van der Waals surface area contributed by atoms with Crippen molar-refractivity contribution in [1.82, 2.24) is 5.32 Å². The maximum atomic E-state index is 10.1. The van der Waals surface area contributed by atoms with Gasteiger partial charge < -0.3 is 25.1 Å². The van der Waals surface area contributed by atoms with Gasteiger partial charge in [0.15, 0.2) is 0 Å². The van der Waals surface area contributed by atoms with E-state index in [9.17, 15) is 24.6 Å². The molecule has 2 amide bonds. The molecule has 0 fully saturated rings. The molecular weight excluding hydrogens is 142 g/mol. The maximum absolute atomic E-state index is 10.1. The van der Waals surface area contributed by atoms with E-state index in [0.717, 1.165) is 0 Å². The van der Waals surface area contributed by atoms with E-state index in [-0.39, 0.29) is 0 Å². The maximum Gasteiger partial charge on any atom is 0.230 e. The van der Waals surface area contributed by atoms with Gasteiger partial charge in [-0.25, -0.2) is 0 Å². The summed E-state index contributed by atoms with van der Waals surface area (Å²) in [4.78, 5) is 29.3. The van der Waals surface area contributed by atoms with E-state index in [4.69, 9.17) is 0 Å². The van der Waals surface area contributed by atoms with E-state index in [1.165, 1.54) is 5.32 Å². The second-order valence-corrected chi connectivity index (χ2v) is 1.38. The van der Waals surface area contributed by atoms with Gasteiger partial charge in [0.2, 0.25) is 5.91 Å². The highest BCUT2D eigenvalue weighted by Gasteiger charge is 1.99. The SMILES string of the molecule is O=C([O-])CC(=O)NC(=O)[O-]. The smallest absolute Gasteiger partial charge is 0.230 e. The number of carbonyl (C=O) groups excluding carboxylic acids is 3. The summed E-state index contributed by atoms with van der Waals surface area (Å²) in [5.74, 6) is -2.81. The van der Waals surface area contributed by atoms with Crippen LogP contribution in [0.2, 0.25) is 0 Å². The van der Waals surface area contributed by atoms with Crippen molar-refractivity contribution >= 4 is 18.0 Å². The number of carbonyl (C=O) groups is 3. The van der Waals surface area contributed by atoms with Gasteiger partial charge in [-0.2, -0.15) is 0 Å². The van der Waals surface area contributed by atoms with Gasteiger partial charge in [-0.3, -0.25) is 4.79 Å². The summed E-state index contributed by atoms with van der Waals surface area (Å²) in [6.45, 7) is 0. The fourth-order valence-corrected chi connectivity index (χ4v) is 0.289. The number of carboxylic acids is 1. The molecule has 0 aliphatic carbocycles. The van der Waals surface area contributed by atoms with E-state index >= 15 is 0 Å². The van der Waals surface area contributed by atoms with Gasteiger partial charge in [0.25, 0.3) is 0 Å². The quantitative estimate of drug-likeness (QED) is 0.407. The van der Waals surface area contributed by atoms with Crippen molar-refractivity contribution in [3.05, 3.63) is 0 Å². The van der Waals surface area contributed by atoms with Gasteiger partial charge in [-0.1, -0.05) is 0 Å². The molecule has 0 radical (unpaired) electrons. The van der Waals surface area contributed by atoms with Gasteiger partial charge in [-0.15, -0.1) is 0 Å². The molecular formula is C4H3NO5-2. The van der Waals surface area contributed by atoms with Crippen molar-refractivity contribution in [2.45, 2.75) is 6.42 Å². The van der Waals surface area contributed by atoms with Crippen molar-refractivity contribution in [2.24, 2.45) is 0 Å². The average Bonchev–Trinajstić information content (AvgIpc) is 1.58. The fraction of sp³-hybridized carbons (Fsp3) is 0.250. The molecule has 6 nitrogen and oxygen atoms in total. The van der Waals surface area contributed by atoms with Crippen LogP contribution < -0.4 is 15.5 Å². The Labute approximate surface area is 55.5 Å². The number of imide groups is 1. The summed E-state index contributed by atoms with van der Waals surface area (Å²) in [5.41, 5.74) is 0. The first kappa shape index (κ1) is 8.41. The minimum atomic E-state index is -1.83. The van der Waals surface area contributed by atoms with Crippen LogP contribution in [0.15, 0.2) is 0 Å². The molecule has 0 aromatic rings. The molecule has 56 valence electrons. The number of carboxylic acid groups (broad SMARTS) is 2. The van der Waals surface area contributed by atoms with Crippen LogP contribution in [0.1, 0.15) is 6.42 Å². The predicted octanol–water partition coefficient (Wildman–Crippen LogP) is -3.41. The Kier molecular flexibility index (Phi) is 2.89. The van der Waals surface area contributed by atoms with Gasteiger partial charge >= 0.3 is 0 Å². The molecule has 0 bridgehead atoms. The summed E-state index contributed by atoms with van der Waals surface area (Å²) in [5, 5.41) is 20.4. The number of hydrogen-bond acceptors (Lipinski definition) is 5. The zero-order valence-electron chi connectivity index (χ0n) is 4.75. The zero-order valence-corrected chi connectivity index (χ0v) is 4.75. The van der Waals surface area contributed by atoms with Gasteiger partial charge in [0, 0.05) is 0 Å². The Morgan fingerprint density at radius 1 is 1.20 bits per heavy atom. The Morgan fingerprint density at radius 3 is 2.00 bits per heavy atom. The highest BCUT2D eigenvalue weighted by atomic mass is 16.4. The van der Waals surface area contributed by atoms with Gasteiger partial charge in [-0.05, 0) is 0 Å². The van der Waals surface area contributed by atoms with Gasteiger partial charge in [0.1, 0.15) is 6.09 Å². The minimum absolute atomic E-state index is 0.978. The first-order valence-corrected chi connectivity index (χ1v) is 2.23. The average molecular weight is 145 g/mol. The van der Waals surface area contributed by atoms with Crippen LogP contribution in [0.25, 0.3) is 0 Å². The number of amides is 2.